The van der Waals surface area contributed by atoms with Crippen LogP contribution < -0.4 is 10.6 Å². The average Bonchev–Trinajstić information content (AvgIpc) is 2.29. The monoisotopic (exact) mass is 240 g/mol. The Balaban J connectivity index is 2.80. The molecule has 0 amide bonds. The summed E-state index contributed by atoms with van der Waals surface area (Å²) in [5, 5.41) is 8.94. The Labute approximate surface area is 100 Å². The summed E-state index contributed by atoms with van der Waals surface area (Å²) in [6.07, 6.45) is 4.16. The van der Waals surface area contributed by atoms with Crippen molar-refractivity contribution in [2.75, 3.05) is 24.6 Å². The van der Waals surface area contributed by atoms with E-state index in [2.05, 4.69) is 16.9 Å². The van der Waals surface area contributed by atoms with Crippen molar-refractivity contribution in [2.24, 2.45) is 5.73 Å². The van der Waals surface area contributed by atoms with Crippen LogP contribution >= 0.6 is 12.2 Å². The number of nitrogens with two attached hydrogens (primary N) is 1. The van der Waals surface area contributed by atoms with Gasteiger partial charge in [-0.2, -0.15) is 0 Å². The topological polar surface area (TPSA) is 75.3 Å². The number of nitrogens with zero attached hydrogens (tertiary/aromatic N) is 3. The Bertz CT molecular complexity index is 335. The summed E-state index contributed by atoms with van der Waals surface area (Å²) in [6.45, 7) is 3.55. The van der Waals surface area contributed by atoms with E-state index >= 15 is 0 Å². The molecule has 1 aromatic rings. The van der Waals surface area contributed by atoms with E-state index in [0.717, 1.165) is 18.8 Å². The molecular formula is C10H16N4OS. The summed E-state index contributed by atoms with van der Waals surface area (Å²) < 4.78 is 0. The van der Waals surface area contributed by atoms with E-state index in [4.69, 9.17) is 23.1 Å². The van der Waals surface area contributed by atoms with Crippen molar-refractivity contribution in [2.45, 2.75) is 13.3 Å². The summed E-state index contributed by atoms with van der Waals surface area (Å²) in [4.78, 5) is 10.5. The second-order valence-corrected chi connectivity index (χ2v) is 3.77. The van der Waals surface area contributed by atoms with Crippen LogP contribution in [0.4, 0.5) is 5.82 Å². The van der Waals surface area contributed by atoms with Crippen LogP contribution in [0.3, 0.4) is 0 Å². The van der Waals surface area contributed by atoms with E-state index in [1.165, 1.54) is 0 Å². The molecule has 0 bridgehead atoms. The molecule has 1 heterocycles. The van der Waals surface area contributed by atoms with Crippen LogP contribution in [0.2, 0.25) is 0 Å². The number of hydrogen-bond donors (Lipinski definition) is 2. The summed E-state index contributed by atoms with van der Waals surface area (Å²) in [6, 6.07) is 0. The third-order valence-corrected chi connectivity index (χ3v) is 2.29. The van der Waals surface area contributed by atoms with Gasteiger partial charge in [-0.1, -0.05) is 19.1 Å². The van der Waals surface area contributed by atoms with Crippen LogP contribution in [-0.2, 0) is 0 Å². The van der Waals surface area contributed by atoms with Gasteiger partial charge in [-0.15, -0.1) is 0 Å². The smallest absolute Gasteiger partial charge is 0.147 e. The number of aromatic nitrogens is 2. The first-order chi connectivity index (χ1) is 7.69. The van der Waals surface area contributed by atoms with Crippen molar-refractivity contribution in [3.05, 3.63) is 18.1 Å². The predicted molar refractivity (Wildman–Crippen MR) is 67.5 cm³/mol. The second-order valence-electron chi connectivity index (χ2n) is 3.33. The highest BCUT2D eigenvalue weighted by atomic mass is 32.1. The minimum absolute atomic E-state index is 0.0960. The van der Waals surface area contributed by atoms with Crippen molar-refractivity contribution in [3.63, 3.8) is 0 Å². The fourth-order valence-electron chi connectivity index (χ4n) is 1.34. The molecule has 0 saturated heterocycles. The van der Waals surface area contributed by atoms with E-state index in [1.54, 1.807) is 12.4 Å². The first kappa shape index (κ1) is 12.8. The number of thiocarbonyl (C=S) groups is 1. The van der Waals surface area contributed by atoms with Gasteiger partial charge < -0.3 is 15.7 Å². The molecule has 5 nitrogen and oxygen atoms in total. The molecule has 0 radical (unpaired) electrons. The zero-order chi connectivity index (χ0) is 12.0. The summed E-state index contributed by atoms with van der Waals surface area (Å²) >= 11 is 4.80. The molecule has 0 aliphatic rings. The van der Waals surface area contributed by atoms with Gasteiger partial charge in [0, 0.05) is 13.1 Å². The maximum absolute atomic E-state index is 8.94. The molecule has 0 fully saturated rings. The number of rotatable bonds is 6. The molecule has 0 aliphatic heterocycles. The van der Waals surface area contributed by atoms with E-state index in [0.29, 0.717) is 12.2 Å². The maximum Gasteiger partial charge on any atom is 0.147 e. The van der Waals surface area contributed by atoms with Gasteiger partial charge in [0.2, 0.25) is 0 Å². The van der Waals surface area contributed by atoms with Crippen molar-refractivity contribution in [1.29, 1.82) is 0 Å². The first-order valence-electron chi connectivity index (χ1n) is 5.16. The predicted octanol–water partition coefficient (Wildman–Crippen LogP) is 0.320. The van der Waals surface area contributed by atoms with Gasteiger partial charge in [0.15, 0.2) is 0 Å². The zero-order valence-corrected chi connectivity index (χ0v) is 10.1. The minimum atomic E-state index is 0.0960. The Morgan fingerprint density at radius 2 is 2.19 bits per heavy atom. The summed E-state index contributed by atoms with van der Waals surface area (Å²) in [5.74, 6) is 0.732. The molecule has 0 aromatic carbocycles. The molecule has 1 aromatic heterocycles. The molecule has 0 unspecified atom stereocenters. The molecule has 0 atom stereocenters. The second kappa shape index (κ2) is 6.34. The van der Waals surface area contributed by atoms with Gasteiger partial charge in [-0.25, -0.2) is 9.97 Å². The maximum atomic E-state index is 8.94. The summed E-state index contributed by atoms with van der Waals surface area (Å²) in [7, 11) is 0. The van der Waals surface area contributed by atoms with Gasteiger partial charge in [-0.3, -0.25) is 0 Å². The largest absolute Gasteiger partial charge is 0.395 e. The lowest BCUT2D eigenvalue weighted by molar-refractivity contribution is 0.301. The van der Waals surface area contributed by atoms with Crippen LogP contribution in [-0.4, -0.2) is 39.8 Å². The highest BCUT2D eigenvalue weighted by Gasteiger charge is 2.07. The molecule has 0 aliphatic carbocycles. The molecule has 16 heavy (non-hydrogen) atoms. The van der Waals surface area contributed by atoms with E-state index in [9.17, 15) is 0 Å². The van der Waals surface area contributed by atoms with Gasteiger partial charge in [0.1, 0.15) is 16.5 Å². The molecule has 88 valence electrons. The van der Waals surface area contributed by atoms with Crippen molar-refractivity contribution in [1.82, 2.24) is 9.97 Å². The van der Waals surface area contributed by atoms with Gasteiger partial charge in [0.25, 0.3) is 0 Å². The highest BCUT2D eigenvalue weighted by molar-refractivity contribution is 7.80. The molecule has 6 heteroatoms. The van der Waals surface area contributed by atoms with Crippen LogP contribution in [0.5, 0.6) is 0 Å². The van der Waals surface area contributed by atoms with E-state index in [-0.39, 0.29) is 11.6 Å². The molecule has 1 rings (SSSR count). The van der Waals surface area contributed by atoms with Crippen LogP contribution in [0, 0.1) is 0 Å². The zero-order valence-electron chi connectivity index (χ0n) is 9.26. The Morgan fingerprint density at radius 3 is 2.62 bits per heavy atom. The fraction of sp³-hybridized carbons (Fsp3) is 0.500. The Kier molecular flexibility index (Phi) is 5.07. The third-order valence-electron chi connectivity index (χ3n) is 2.08. The molecular weight excluding hydrogens is 224 g/mol. The molecule has 0 spiro atoms. The average molecular weight is 240 g/mol. The van der Waals surface area contributed by atoms with Crippen LogP contribution in [0.15, 0.2) is 12.4 Å². The number of anilines is 1. The van der Waals surface area contributed by atoms with E-state index in [1.807, 2.05) is 4.90 Å². The Hall–Kier alpha value is -1.27. The van der Waals surface area contributed by atoms with Gasteiger partial charge >= 0.3 is 0 Å². The van der Waals surface area contributed by atoms with Gasteiger partial charge in [0.05, 0.1) is 19.0 Å². The lowest BCUT2D eigenvalue weighted by atomic mass is 10.4. The minimum Gasteiger partial charge on any atom is -0.395 e. The lowest BCUT2D eigenvalue weighted by Gasteiger charge is -2.21. The number of aliphatic hydroxyl groups excluding tert-OH is 1. The van der Waals surface area contributed by atoms with Crippen molar-refractivity contribution >= 4 is 23.0 Å². The third kappa shape index (κ3) is 3.39. The highest BCUT2D eigenvalue weighted by Crippen LogP contribution is 2.09. The van der Waals surface area contributed by atoms with Crippen LogP contribution in [0.1, 0.15) is 19.0 Å². The number of hydrogen-bond acceptors (Lipinski definition) is 5. The molecule has 0 saturated carbocycles. The van der Waals surface area contributed by atoms with E-state index < -0.39 is 0 Å². The van der Waals surface area contributed by atoms with Crippen molar-refractivity contribution in [3.8, 4) is 0 Å². The molecule has 3 N–H and O–H groups in total. The lowest BCUT2D eigenvalue weighted by Crippen LogP contribution is -2.28. The number of aliphatic hydroxyl groups is 1. The fourth-order valence-corrected chi connectivity index (χ4v) is 1.45. The van der Waals surface area contributed by atoms with Crippen molar-refractivity contribution < 1.29 is 5.11 Å². The SMILES string of the molecule is CCCN(CCO)c1cnc(C(N)=S)cn1. The standard InChI is InChI=1S/C10H16N4OS/c1-2-3-14(4-5-15)9-7-12-8(6-13-9)10(11)16/h6-7,15H,2-5H2,1H3,(H2,11,16). The van der Waals surface area contributed by atoms with Gasteiger partial charge in [-0.05, 0) is 6.42 Å². The quantitative estimate of drug-likeness (QED) is 0.697. The van der Waals surface area contributed by atoms with Crippen LogP contribution in [0.25, 0.3) is 0 Å². The summed E-state index contributed by atoms with van der Waals surface area (Å²) in [5.41, 5.74) is 5.95. The first-order valence-corrected chi connectivity index (χ1v) is 5.57. The normalized spacial score (nSPS) is 10.1. The Morgan fingerprint density at radius 1 is 1.44 bits per heavy atom.